The summed E-state index contributed by atoms with van der Waals surface area (Å²) in [6, 6.07) is 7.32. The molecule has 98 valence electrons. The molecule has 3 nitrogen and oxygen atoms in total. The van der Waals surface area contributed by atoms with Gasteiger partial charge in [0.15, 0.2) is 0 Å². The molecule has 18 heavy (non-hydrogen) atoms. The van der Waals surface area contributed by atoms with Crippen LogP contribution in [0.15, 0.2) is 24.3 Å². The molecule has 1 aliphatic heterocycles. The second-order valence-electron chi connectivity index (χ2n) is 4.69. The summed E-state index contributed by atoms with van der Waals surface area (Å²) in [7, 11) is 0. The maximum Gasteiger partial charge on any atom is 0.251 e. The summed E-state index contributed by atoms with van der Waals surface area (Å²) < 4.78 is 0. The maximum atomic E-state index is 12.0. The summed E-state index contributed by atoms with van der Waals surface area (Å²) in [5.74, 6) is 0.00150. The quantitative estimate of drug-likeness (QED) is 0.912. The monoisotopic (exact) mass is 266 g/mol. The number of hydrogen-bond acceptors (Lipinski definition) is 2. The number of benzene rings is 1. The molecule has 0 unspecified atom stereocenters. The van der Waals surface area contributed by atoms with Gasteiger partial charge in [-0.2, -0.15) is 0 Å². The lowest BCUT2D eigenvalue weighted by Crippen LogP contribution is -2.44. The second-order valence-corrected chi connectivity index (χ2v) is 5.13. The van der Waals surface area contributed by atoms with Gasteiger partial charge in [0.25, 0.3) is 5.91 Å². The summed E-state index contributed by atoms with van der Waals surface area (Å²) in [5.41, 5.74) is 0.678. The highest BCUT2D eigenvalue weighted by Crippen LogP contribution is 2.12. The lowest BCUT2D eigenvalue weighted by molar-refractivity contribution is 0.0912. The van der Waals surface area contributed by atoms with Crippen molar-refractivity contribution in [3.8, 4) is 0 Å². The van der Waals surface area contributed by atoms with Crippen molar-refractivity contribution in [1.82, 2.24) is 10.2 Å². The van der Waals surface area contributed by atoms with Gasteiger partial charge in [0.1, 0.15) is 0 Å². The number of likely N-dealkylation sites (tertiary alicyclic amines) is 1. The van der Waals surface area contributed by atoms with Gasteiger partial charge in [0, 0.05) is 29.7 Å². The number of piperidine rings is 1. The van der Waals surface area contributed by atoms with Crippen LogP contribution in [0.3, 0.4) is 0 Å². The molecule has 1 aliphatic rings. The predicted octanol–water partition coefficient (Wildman–Crippen LogP) is 2.55. The molecule has 0 aliphatic carbocycles. The summed E-state index contributed by atoms with van der Waals surface area (Å²) >= 11 is 5.80. The van der Waals surface area contributed by atoms with E-state index in [2.05, 4.69) is 17.1 Å². The number of nitrogens with zero attached hydrogens (tertiary/aromatic N) is 1. The van der Waals surface area contributed by atoms with Crippen LogP contribution in [0.25, 0.3) is 0 Å². The first-order valence-corrected chi connectivity index (χ1v) is 6.85. The standard InChI is InChI=1S/C14H19ClN2O/c1-2-17-9-7-13(8-10-17)16-14(18)11-3-5-12(15)6-4-11/h3-6,13H,2,7-10H2,1H3,(H,16,18). The number of nitrogens with one attached hydrogen (secondary N) is 1. The van der Waals surface area contributed by atoms with Crippen LogP contribution >= 0.6 is 11.6 Å². The Kier molecular flexibility index (Phi) is 4.61. The highest BCUT2D eigenvalue weighted by atomic mass is 35.5. The van der Waals surface area contributed by atoms with Crippen molar-refractivity contribution in [2.24, 2.45) is 0 Å². The lowest BCUT2D eigenvalue weighted by Gasteiger charge is -2.31. The molecule has 1 heterocycles. The second kappa shape index (κ2) is 6.21. The fraction of sp³-hybridized carbons (Fsp3) is 0.500. The van der Waals surface area contributed by atoms with Crippen LogP contribution in [0.2, 0.25) is 5.02 Å². The first-order valence-electron chi connectivity index (χ1n) is 6.48. The van der Waals surface area contributed by atoms with Crippen LogP contribution in [0, 0.1) is 0 Å². The predicted molar refractivity (Wildman–Crippen MR) is 74.1 cm³/mol. The topological polar surface area (TPSA) is 32.3 Å². The van der Waals surface area contributed by atoms with E-state index in [-0.39, 0.29) is 5.91 Å². The molecule has 0 aromatic heterocycles. The molecule has 1 N–H and O–H groups in total. The minimum atomic E-state index is 0.00150. The molecular formula is C14H19ClN2O. The fourth-order valence-corrected chi connectivity index (χ4v) is 2.39. The van der Waals surface area contributed by atoms with E-state index in [0.717, 1.165) is 32.5 Å². The van der Waals surface area contributed by atoms with Crippen molar-refractivity contribution >= 4 is 17.5 Å². The van der Waals surface area contributed by atoms with E-state index in [1.165, 1.54) is 0 Å². The molecule has 2 rings (SSSR count). The molecule has 1 fully saturated rings. The Labute approximate surface area is 113 Å². The molecule has 0 spiro atoms. The van der Waals surface area contributed by atoms with E-state index in [4.69, 9.17) is 11.6 Å². The largest absolute Gasteiger partial charge is 0.349 e. The number of amides is 1. The molecule has 0 atom stereocenters. The van der Waals surface area contributed by atoms with Crippen LogP contribution in [0.5, 0.6) is 0 Å². The number of carbonyl (C=O) groups excluding carboxylic acids is 1. The van der Waals surface area contributed by atoms with E-state index < -0.39 is 0 Å². The van der Waals surface area contributed by atoms with Gasteiger partial charge in [-0.3, -0.25) is 4.79 Å². The average Bonchev–Trinajstić information content (AvgIpc) is 2.40. The zero-order chi connectivity index (χ0) is 13.0. The van der Waals surface area contributed by atoms with Crippen molar-refractivity contribution in [3.63, 3.8) is 0 Å². The van der Waals surface area contributed by atoms with Crippen LogP contribution in [0.1, 0.15) is 30.1 Å². The molecule has 4 heteroatoms. The fourth-order valence-electron chi connectivity index (χ4n) is 2.26. The number of hydrogen-bond donors (Lipinski definition) is 1. The van der Waals surface area contributed by atoms with Crippen molar-refractivity contribution in [2.75, 3.05) is 19.6 Å². The number of carbonyl (C=O) groups is 1. The van der Waals surface area contributed by atoms with Gasteiger partial charge in [-0.15, -0.1) is 0 Å². The van der Waals surface area contributed by atoms with Crippen molar-refractivity contribution < 1.29 is 4.79 Å². The van der Waals surface area contributed by atoms with Crippen molar-refractivity contribution in [3.05, 3.63) is 34.9 Å². The summed E-state index contributed by atoms with van der Waals surface area (Å²) in [6.45, 7) is 5.41. The van der Waals surface area contributed by atoms with Gasteiger partial charge in [-0.05, 0) is 43.7 Å². The van der Waals surface area contributed by atoms with E-state index >= 15 is 0 Å². The van der Waals surface area contributed by atoms with Crippen molar-refractivity contribution in [2.45, 2.75) is 25.8 Å². The Morgan fingerprint density at radius 1 is 1.33 bits per heavy atom. The van der Waals surface area contributed by atoms with Gasteiger partial charge < -0.3 is 10.2 Å². The van der Waals surface area contributed by atoms with Crippen LogP contribution < -0.4 is 5.32 Å². The first-order chi connectivity index (χ1) is 8.69. The molecule has 0 saturated carbocycles. The molecule has 0 bridgehead atoms. The molecule has 1 aromatic carbocycles. The highest BCUT2D eigenvalue weighted by Gasteiger charge is 2.19. The van der Waals surface area contributed by atoms with Crippen molar-refractivity contribution in [1.29, 1.82) is 0 Å². The SMILES string of the molecule is CCN1CCC(NC(=O)c2ccc(Cl)cc2)CC1. The van der Waals surface area contributed by atoms with E-state index in [1.54, 1.807) is 24.3 Å². The van der Waals surface area contributed by atoms with Gasteiger partial charge in [-0.1, -0.05) is 18.5 Å². The zero-order valence-corrected chi connectivity index (χ0v) is 11.4. The Bertz CT molecular complexity index is 397. The van der Waals surface area contributed by atoms with Gasteiger partial charge >= 0.3 is 0 Å². The summed E-state index contributed by atoms with van der Waals surface area (Å²) in [6.07, 6.45) is 2.07. The molecule has 0 radical (unpaired) electrons. The van der Waals surface area contributed by atoms with Gasteiger partial charge in [0.2, 0.25) is 0 Å². The first kappa shape index (κ1) is 13.4. The molecule has 1 saturated heterocycles. The zero-order valence-electron chi connectivity index (χ0n) is 10.7. The van der Waals surface area contributed by atoms with E-state index in [9.17, 15) is 4.79 Å². The molecular weight excluding hydrogens is 248 g/mol. The van der Waals surface area contributed by atoms with Crippen LogP contribution in [-0.4, -0.2) is 36.5 Å². The average molecular weight is 267 g/mol. The minimum absolute atomic E-state index is 0.00150. The van der Waals surface area contributed by atoms with E-state index in [1.807, 2.05) is 0 Å². The summed E-state index contributed by atoms with van der Waals surface area (Å²) in [5, 5.41) is 3.75. The third-order valence-electron chi connectivity index (χ3n) is 3.48. The Hall–Kier alpha value is -1.06. The number of halogens is 1. The highest BCUT2D eigenvalue weighted by molar-refractivity contribution is 6.30. The van der Waals surface area contributed by atoms with E-state index in [0.29, 0.717) is 16.6 Å². The Morgan fingerprint density at radius 2 is 1.94 bits per heavy atom. The normalized spacial score (nSPS) is 17.7. The third-order valence-corrected chi connectivity index (χ3v) is 3.73. The smallest absolute Gasteiger partial charge is 0.251 e. The maximum absolute atomic E-state index is 12.0. The van der Waals surface area contributed by atoms with Crippen LogP contribution in [-0.2, 0) is 0 Å². The lowest BCUT2D eigenvalue weighted by atomic mass is 10.0. The minimum Gasteiger partial charge on any atom is -0.349 e. The number of rotatable bonds is 3. The Morgan fingerprint density at radius 3 is 2.50 bits per heavy atom. The van der Waals surface area contributed by atoms with Crippen LogP contribution in [0.4, 0.5) is 0 Å². The van der Waals surface area contributed by atoms with Gasteiger partial charge in [-0.25, -0.2) is 0 Å². The Balaban J connectivity index is 1.86. The molecule has 1 aromatic rings. The summed E-state index contributed by atoms with van der Waals surface area (Å²) in [4.78, 5) is 14.4. The third kappa shape index (κ3) is 3.47. The van der Waals surface area contributed by atoms with Gasteiger partial charge in [0.05, 0.1) is 0 Å². The molecule has 1 amide bonds.